The van der Waals surface area contributed by atoms with Crippen LogP contribution in [0.3, 0.4) is 0 Å². The van der Waals surface area contributed by atoms with Gasteiger partial charge in [-0.1, -0.05) is 44.2 Å². The Morgan fingerprint density at radius 1 is 1.12 bits per heavy atom. The molecule has 0 fully saturated rings. The summed E-state index contributed by atoms with van der Waals surface area (Å²) in [6.45, 7) is 2.88. The molecular weight excluding hydrogens is 328 g/mol. The molecule has 25 heavy (non-hydrogen) atoms. The van der Waals surface area contributed by atoms with E-state index in [2.05, 4.69) is 10.6 Å². The number of rotatable bonds is 8. The fourth-order valence-electron chi connectivity index (χ4n) is 1.98. The molecule has 0 saturated carbocycles. The third-order valence-corrected chi connectivity index (χ3v) is 3.39. The van der Waals surface area contributed by atoms with Gasteiger partial charge in [0.15, 0.2) is 0 Å². The Morgan fingerprint density at radius 2 is 1.76 bits per heavy atom. The predicted octanol–water partition coefficient (Wildman–Crippen LogP) is -0.596. The number of aliphatic hydroxyl groups is 1. The maximum Gasteiger partial charge on any atom is 0.408 e. The van der Waals surface area contributed by atoms with E-state index in [0.717, 1.165) is 5.56 Å². The number of hydrazine groups is 1. The quantitative estimate of drug-likeness (QED) is 0.240. The summed E-state index contributed by atoms with van der Waals surface area (Å²) in [4.78, 5) is 35.6. The topological polar surface area (TPSA) is 143 Å². The van der Waals surface area contributed by atoms with E-state index >= 15 is 0 Å². The average molecular weight is 352 g/mol. The van der Waals surface area contributed by atoms with Crippen LogP contribution in [-0.2, 0) is 20.9 Å². The second kappa shape index (κ2) is 10.3. The van der Waals surface area contributed by atoms with Crippen LogP contribution in [0.2, 0.25) is 0 Å². The molecule has 9 heteroatoms. The maximum absolute atomic E-state index is 12.3. The number of carbonyl (C=O) groups excluding carboxylic acids is 3. The van der Waals surface area contributed by atoms with E-state index in [0.29, 0.717) is 0 Å². The Morgan fingerprint density at radius 3 is 2.28 bits per heavy atom. The fourth-order valence-corrected chi connectivity index (χ4v) is 1.98. The number of hydrogen-bond donors (Lipinski definition) is 5. The summed E-state index contributed by atoms with van der Waals surface area (Å²) in [5.41, 5.74) is 2.65. The van der Waals surface area contributed by atoms with E-state index in [1.807, 2.05) is 23.6 Å². The van der Waals surface area contributed by atoms with Gasteiger partial charge in [0.2, 0.25) is 5.91 Å². The third kappa shape index (κ3) is 6.77. The lowest BCUT2D eigenvalue weighted by molar-refractivity contribution is -0.131. The molecule has 0 aliphatic heterocycles. The van der Waals surface area contributed by atoms with Gasteiger partial charge in [-0.2, -0.15) is 0 Å². The minimum atomic E-state index is -1.21. The second-order valence-electron chi connectivity index (χ2n) is 5.68. The zero-order valence-electron chi connectivity index (χ0n) is 14.2. The van der Waals surface area contributed by atoms with Gasteiger partial charge < -0.3 is 20.5 Å². The van der Waals surface area contributed by atoms with Crippen molar-refractivity contribution >= 4 is 17.9 Å². The molecule has 0 bridgehead atoms. The number of hydrogen-bond acceptors (Lipinski definition) is 6. The molecule has 0 radical (unpaired) electrons. The van der Waals surface area contributed by atoms with Crippen molar-refractivity contribution in [2.45, 2.75) is 32.5 Å². The number of benzene rings is 1. The number of ether oxygens (including phenoxy) is 1. The van der Waals surface area contributed by atoms with Crippen LogP contribution in [0.1, 0.15) is 19.4 Å². The van der Waals surface area contributed by atoms with Gasteiger partial charge in [0.05, 0.1) is 6.61 Å². The number of alkyl carbamates (subject to hydrolysis) is 1. The molecule has 138 valence electrons. The van der Waals surface area contributed by atoms with Crippen molar-refractivity contribution in [2.75, 3.05) is 6.61 Å². The molecule has 0 saturated heterocycles. The molecule has 0 aromatic heterocycles. The molecule has 1 aromatic carbocycles. The number of nitrogens with two attached hydrogens (primary N) is 1. The highest BCUT2D eigenvalue weighted by atomic mass is 16.5. The summed E-state index contributed by atoms with van der Waals surface area (Å²) < 4.78 is 5.08. The summed E-state index contributed by atoms with van der Waals surface area (Å²) in [7, 11) is 0. The fraction of sp³-hybridized carbons (Fsp3) is 0.438. The normalized spacial score (nSPS) is 12.8. The first kappa shape index (κ1) is 20.4. The number of amides is 3. The lowest BCUT2D eigenvalue weighted by atomic mass is 10.0. The first-order valence-electron chi connectivity index (χ1n) is 7.78. The summed E-state index contributed by atoms with van der Waals surface area (Å²) >= 11 is 0. The van der Waals surface area contributed by atoms with Crippen LogP contribution in [0.15, 0.2) is 30.3 Å². The number of carbonyl (C=O) groups is 3. The third-order valence-electron chi connectivity index (χ3n) is 3.39. The smallest absolute Gasteiger partial charge is 0.408 e. The van der Waals surface area contributed by atoms with Gasteiger partial charge in [0, 0.05) is 0 Å². The summed E-state index contributed by atoms with van der Waals surface area (Å²) in [5, 5.41) is 13.9. The molecule has 2 atom stereocenters. The highest BCUT2D eigenvalue weighted by molar-refractivity contribution is 5.91. The first-order valence-corrected chi connectivity index (χ1v) is 7.78. The van der Waals surface area contributed by atoms with Gasteiger partial charge in [-0.05, 0) is 11.5 Å². The molecule has 1 rings (SSSR count). The van der Waals surface area contributed by atoms with Crippen molar-refractivity contribution in [3.05, 3.63) is 35.9 Å². The van der Waals surface area contributed by atoms with Crippen LogP contribution in [0.5, 0.6) is 0 Å². The molecule has 0 spiro atoms. The maximum atomic E-state index is 12.3. The monoisotopic (exact) mass is 352 g/mol. The van der Waals surface area contributed by atoms with E-state index in [1.165, 1.54) is 0 Å². The van der Waals surface area contributed by atoms with E-state index < -0.39 is 36.6 Å². The second-order valence-corrected chi connectivity index (χ2v) is 5.68. The van der Waals surface area contributed by atoms with Gasteiger partial charge in [0.1, 0.15) is 18.7 Å². The van der Waals surface area contributed by atoms with Crippen molar-refractivity contribution in [3.63, 3.8) is 0 Å². The molecule has 2 unspecified atom stereocenters. The number of aliphatic hydroxyl groups excluding tert-OH is 1. The molecule has 9 nitrogen and oxygen atoms in total. The first-order chi connectivity index (χ1) is 11.9. The Labute approximate surface area is 145 Å². The van der Waals surface area contributed by atoms with Crippen molar-refractivity contribution in [3.8, 4) is 0 Å². The Bertz CT molecular complexity index is 579. The van der Waals surface area contributed by atoms with E-state index in [-0.39, 0.29) is 12.5 Å². The highest BCUT2D eigenvalue weighted by Gasteiger charge is 2.28. The van der Waals surface area contributed by atoms with Crippen molar-refractivity contribution in [1.82, 2.24) is 16.1 Å². The Hall–Kier alpha value is -2.65. The van der Waals surface area contributed by atoms with Crippen LogP contribution in [0.25, 0.3) is 0 Å². The highest BCUT2D eigenvalue weighted by Crippen LogP contribution is 2.05. The van der Waals surface area contributed by atoms with E-state index in [9.17, 15) is 14.4 Å². The van der Waals surface area contributed by atoms with Gasteiger partial charge in [-0.25, -0.2) is 10.6 Å². The molecule has 3 amide bonds. The molecule has 0 heterocycles. The SMILES string of the molecule is CC(C)C(NC(=O)OCc1ccccc1)C(=O)NC(CO)C(=O)NN. The van der Waals surface area contributed by atoms with Crippen LogP contribution < -0.4 is 21.9 Å². The zero-order valence-corrected chi connectivity index (χ0v) is 14.2. The van der Waals surface area contributed by atoms with E-state index in [1.54, 1.807) is 26.0 Å². The predicted molar refractivity (Wildman–Crippen MR) is 89.7 cm³/mol. The van der Waals surface area contributed by atoms with Crippen LogP contribution in [0.4, 0.5) is 4.79 Å². The minimum Gasteiger partial charge on any atom is -0.445 e. The minimum absolute atomic E-state index is 0.0634. The molecular formula is C16H24N4O5. The number of nitrogens with one attached hydrogen (secondary N) is 3. The average Bonchev–Trinajstić information content (AvgIpc) is 2.62. The van der Waals surface area contributed by atoms with Crippen molar-refractivity contribution in [1.29, 1.82) is 0 Å². The van der Waals surface area contributed by atoms with Gasteiger partial charge >= 0.3 is 6.09 Å². The van der Waals surface area contributed by atoms with Crippen molar-refractivity contribution in [2.24, 2.45) is 11.8 Å². The van der Waals surface area contributed by atoms with Gasteiger partial charge in [0.25, 0.3) is 5.91 Å². The van der Waals surface area contributed by atoms with Gasteiger partial charge in [-0.15, -0.1) is 0 Å². The lowest BCUT2D eigenvalue weighted by Gasteiger charge is -2.23. The molecule has 6 N–H and O–H groups in total. The van der Waals surface area contributed by atoms with Gasteiger partial charge in [-0.3, -0.25) is 15.0 Å². The summed E-state index contributed by atoms with van der Waals surface area (Å²) in [6, 6.07) is 6.94. The van der Waals surface area contributed by atoms with Crippen LogP contribution >= 0.6 is 0 Å². The zero-order chi connectivity index (χ0) is 18.8. The van der Waals surface area contributed by atoms with Crippen LogP contribution in [-0.4, -0.2) is 41.7 Å². The Kier molecular flexibility index (Phi) is 8.37. The van der Waals surface area contributed by atoms with Crippen molar-refractivity contribution < 1.29 is 24.2 Å². The molecule has 0 aliphatic carbocycles. The van der Waals surface area contributed by atoms with Crippen LogP contribution in [0, 0.1) is 5.92 Å². The lowest BCUT2D eigenvalue weighted by Crippen LogP contribution is -2.57. The molecule has 1 aromatic rings. The standard InChI is InChI=1S/C16H24N4O5/c1-10(2)13(15(23)18-12(8-21)14(22)20-17)19-16(24)25-9-11-6-4-3-5-7-11/h3-7,10,12-13,21H,8-9,17H2,1-2H3,(H,18,23)(H,19,24)(H,20,22). The summed E-state index contributed by atoms with van der Waals surface area (Å²) in [5.74, 6) is 3.33. The van der Waals surface area contributed by atoms with E-state index in [4.69, 9.17) is 15.7 Å². The largest absolute Gasteiger partial charge is 0.445 e. The molecule has 0 aliphatic rings. The summed E-state index contributed by atoms with van der Waals surface area (Å²) in [6.07, 6.45) is -0.762. The Balaban J connectivity index is 2.61.